The summed E-state index contributed by atoms with van der Waals surface area (Å²) in [5.74, 6) is -0.527. The van der Waals surface area contributed by atoms with Crippen molar-refractivity contribution < 1.29 is 8.78 Å². The molecular weight excluding hydrogens is 1210 g/mol. The first-order chi connectivity index (χ1) is 47.3. The Labute approximate surface area is 567 Å². The van der Waals surface area contributed by atoms with Gasteiger partial charge < -0.3 is 9.80 Å². The normalized spacial score (nSPS) is 15.8. The van der Waals surface area contributed by atoms with Gasteiger partial charge in [0.1, 0.15) is 11.6 Å². The van der Waals surface area contributed by atoms with Gasteiger partial charge in [-0.25, -0.2) is 8.78 Å². The number of halogens is 2. The molecule has 96 heavy (non-hydrogen) atoms. The highest BCUT2D eigenvalue weighted by Crippen LogP contribution is 2.60. The van der Waals surface area contributed by atoms with Crippen LogP contribution in [0.15, 0.2) is 347 Å². The van der Waals surface area contributed by atoms with Crippen molar-refractivity contribution in [3.8, 4) is 33.4 Å². The lowest BCUT2D eigenvalue weighted by atomic mass is 9.67. The Morgan fingerprint density at radius 1 is 0.240 bits per heavy atom. The van der Waals surface area contributed by atoms with Crippen LogP contribution in [0, 0.1) is 11.6 Å². The lowest BCUT2D eigenvalue weighted by molar-refractivity contribution is 0.624. The predicted molar refractivity (Wildman–Crippen MR) is 392 cm³/mol. The molecule has 2 unspecified atom stereocenters. The summed E-state index contributed by atoms with van der Waals surface area (Å²) < 4.78 is 30.2. The van der Waals surface area contributed by atoms with Crippen LogP contribution in [0.5, 0.6) is 0 Å². The van der Waals surface area contributed by atoms with Crippen molar-refractivity contribution in [2.45, 2.75) is 56.1 Å². The number of hydrogen-bond acceptors (Lipinski definition) is 4. The second-order valence-corrected chi connectivity index (χ2v) is 27.9. The minimum atomic E-state index is -0.750. The quantitative estimate of drug-likeness (QED) is 0.101. The number of aryl methyl sites for hydroxylation is 4. The second-order valence-electron chi connectivity index (χ2n) is 25.6. The zero-order valence-electron chi connectivity index (χ0n) is 52.5. The van der Waals surface area contributed by atoms with Crippen molar-refractivity contribution in [1.82, 2.24) is 0 Å². The zero-order chi connectivity index (χ0) is 63.9. The van der Waals surface area contributed by atoms with E-state index < -0.39 is 10.8 Å². The smallest absolute Gasteiger partial charge is 0.123 e. The van der Waals surface area contributed by atoms with Crippen LogP contribution in [0.2, 0.25) is 0 Å². The molecule has 2 nitrogen and oxygen atoms in total. The molecule has 14 aromatic carbocycles. The summed E-state index contributed by atoms with van der Waals surface area (Å²) in [5.41, 5.74) is 26.2. The minimum absolute atomic E-state index is 0.264. The molecule has 0 saturated carbocycles. The van der Waals surface area contributed by atoms with Crippen molar-refractivity contribution in [2.24, 2.45) is 0 Å². The van der Waals surface area contributed by atoms with Crippen LogP contribution in [0.3, 0.4) is 0 Å². The Balaban J connectivity index is 0.698. The van der Waals surface area contributed by atoms with E-state index in [9.17, 15) is 0 Å². The highest BCUT2D eigenvalue weighted by atomic mass is 32.2. The van der Waals surface area contributed by atoms with Gasteiger partial charge in [0.2, 0.25) is 0 Å². The number of benzene rings is 14. The van der Waals surface area contributed by atoms with E-state index in [-0.39, 0.29) is 11.6 Å². The summed E-state index contributed by atoms with van der Waals surface area (Å²) in [6.07, 6.45) is 4.63. The first-order valence-corrected chi connectivity index (χ1v) is 34.7. The molecule has 0 fully saturated rings. The molecule has 18 rings (SSSR count). The van der Waals surface area contributed by atoms with E-state index in [1.807, 2.05) is 24.3 Å². The molecule has 6 heteroatoms. The number of anilines is 6. The first-order valence-electron chi connectivity index (χ1n) is 33.1. The van der Waals surface area contributed by atoms with Crippen LogP contribution in [0.25, 0.3) is 33.4 Å². The van der Waals surface area contributed by atoms with Crippen molar-refractivity contribution in [3.05, 3.63) is 406 Å². The first kappa shape index (κ1) is 57.9. The number of hydrogen-bond donors (Lipinski definition) is 0. The van der Waals surface area contributed by atoms with Gasteiger partial charge in [-0.15, -0.1) is 0 Å². The molecule has 4 aliphatic rings. The highest BCUT2D eigenvalue weighted by molar-refractivity contribution is 7.99. The van der Waals surface area contributed by atoms with Crippen molar-refractivity contribution in [1.29, 1.82) is 0 Å². The third kappa shape index (κ3) is 9.67. The fraction of sp³-hybridized carbons (Fsp3) is 0.0667. The lowest BCUT2D eigenvalue weighted by Crippen LogP contribution is -2.29. The topological polar surface area (TPSA) is 6.48 Å². The van der Waals surface area contributed by atoms with E-state index in [2.05, 4.69) is 289 Å². The average Bonchev–Trinajstić information content (AvgIpc) is 1.53. The zero-order valence-corrected chi connectivity index (χ0v) is 54.1. The van der Waals surface area contributed by atoms with Crippen molar-refractivity contribution in [2.75, 3.05) is 9.80 Å². The predicted octanol–water partition coefficient (Wildman–Crippen LogP) is 23.8. The Morgan fingerprint density at radius 3 is 0.917 bits per heavy atom. The van der Waals surface area contributed by atoms with Gasteiger partial charge in [0.05, 0.1) is 10.8 Å². The van der Waals surface area contributed by atoms with E-state index in [0.29, 0.717) is 0 Å². The maximum absolute atomic E-state index is 15.1. The summed E-state index contributed by atoms with van der Waals surface area (Å²) >= 11 is 3.60. The van der Waals surface area contributed by atoms with Crippen LogP contribution in [-0.2, 0) is 36.5 Å². The molecule has 0 amide bonds. The van der Waals surface area contributed by atoms with Gasteiger partial charge in [-0.3, -0.25) is 0 Å². The van der Waals surface area contributed by atoms with Crippen LogP contribution < -0.4 is 9.80 Å². The van der Waals surface area contributed by atoms with E-state index in [0.717, 1.165) is 103 Å². The Bertz CT molecular complexity index is 4960. The Kier molecular flexibility index (Phi) is 14.2. The van der Waals surface area contributed by atoms with Gasteiger partial charge in [0.15, 0.2) is 0 Å². The van der Waals surface area contributed by atoms with Gasteiger partial charge in [-0.2, -0.15) is 0 Å². The number of rotatable bonds is 15. The molecule has 0 radical (unpaired) electrons. The van der Waals surface area contributed by atoms with Gasteiger partial charge in [0, 0.05) is 53.7 Å². The Morgan fingerprint density at radius 2 is 0.552 bits per heavy atom. The monoisotopic (exact) mass is 1270 g/mol. The maximum atomic E-state index is 15.1. The van der Waals surface area contributed by atoms with Gasteiger partial charge in [-0.1, -0.05) is 206 Å². The van der Waals surface area contributed by atoms with Gasteiger partial charge in [-0.05, 0) is 271 Å². The molecule has 0 aromatic heterocycles. The number of para-hydroxylation sites is 2. The van der Waals surface area contributed by atoms with Gasteiger partial charge in [0.25, 0.3) is 0 Å². The number of nitrogens with zero attached hydrogens (tertiary/aromatic N) is 2. The molecule has 0 spiro atoms. The summed E-state index contributed by atoms with van der Waals surface area (Å²) in [7, 11) is 0. The van der Waals surface area contributed by atoms with Crippen LogP contribution >= 0.6 is 23.5 Å². The van der Waals surface area contributed by atoms with Crippen LogP contribution in [0.4, 0.5) is 42.9 Å². The average molecular weight is 1270 g/mol. The fourth-order valence-corrected chi connectivity index (χ4v) is 17.5. The summed E-state index contributed by atoms with van der Waals surface area (Å²) in [6, 6.07) is 117. The van der Waals surface area contributed by atoms with Crippen LogP contribution in [0.1, 0.15) is 66.8 Å². The minimum Gasteiger partial charge on any atom is -0.310 e. The summed E-state index contributed by atoms with van der Waals surface area (Å²) in [4.78, 5) is 9.55. The van der Waals surface area contributed by atoms with Gasteiger partial charge >= 0.3 is 0 Å². The summed E-state index contributed by atoms with van der Waals surface area (Å²) in [5, 5.41) is 0. The van der Waals surface area contributed by atoms with E-state index in [1.165, 1.54) is 76.9 Å². The lowest BCUT2D eigenvalue weighted by Gasteiger charge is -2.35. The second kappa shape index (κ2) is 23.6. The molecule has 0 bridgehead atoms. The summed E-state index contributed by atoms with van der Waals surface area (Å²) in [6.45, 7) is 0. The molecule has 2 atom stereocenters. The Hall–Kier alpha value is -10.8. The molecule has 0 heterocycles. The van der Waals surface area contributed by atoms with Crippen LogP contribution in [-0.4, -0.2) is 0 Å². The van der Waals surface area contributed by atoms with E-state index in [4.69, 9.17) is 0 Å². The molecule has 14 aromatic rings. The highest BCUT2D eigenvalue weighted by Gasteiger charge is 2.48. The largest absolute Gasteiger partial charge is 0.310 e. The maximum Gasteiger partial charge on any atom is 0.123 e. The van der Waals surface area contributed by atoms with E-state index in [1.54, 1.807) is 47.8 Å². The third-order valence-corrected chi connectivity index (χ3v) is 22.5. The van der Waals surface area contributed by atoms with E-state index >= 15 is 8.78 Å². The molecule has 0 saturated heterocycles. The van der Waals surface area contributed by atoms with Crippen molar-refractivity contribution >= 4 is 57.6 Å². The molecule has 0 N–H and O–H groups in total. The molecule has 458 valence electrons. The molecule has 4 aliphatic carbocycles. The third-order valence-electron chi connectivity index (χ3n) is 20.5. The standard InChI is InChI=1S/C90H62F2N2S2/c91-69-37-29-65(30-38-69)89(67-33-49-77(50-34-67)95-79-47-27-61-19-21-63(61)55-79)85-17-9-7-15-81(85)83-53-45-75(57-87(83)89)93(71-11-3-1-4-12-71)73-41-23-59(24-42-73)60-25-43-74(44-26-60)94(72-13-5-2-6-14-72)76-46-54-84-82-16-8-10-18-86(82)90(88(84)58-76,66-31-39-70(92)40-32-66)68-35-51-78(52-36-68)96-80-48-28-62-20-22-64(62)56-80/h1-18,23-58H,19-22H2. The number of fused-ring (bicyclic) bond motifs is 8. The molecule has 0 aliphatic heterocycles. The fourth-order valence-electron chi connectivity index (χ4n) is 15.7. The van der Waals surface area contributed by atoms with Crippen molar-refractivity contribution in [3.63, 3.8) is 0 Å². The molecular formula is C90H62F2N2S2. The SMILES string of the molecule is Fc1ccc(C2(c3ccc(Sc4ccc5c(c4)CC5)cc3)c3ccccc3-c3ccc(N(c4ccccc4)c4ccc(-c5ccc(N(c6ccccc6)c6ccc7c(c6)C(c6ccc(F)cc6)(c6ccc(Sc8ccc9c(c8)CC9)cc6)c6ccccc6-7)cc5)cc4)cc32)cc1.